The van der Waals surface area contributed by atoms with E-state index < -0.39 is 0 Å². The van der Waals surface area contributed by atoms with Gasteiger partial charge < -0.3 is 9.64 Å². The van der Waals surface area contributed by atoms with Crippen LogP contribution in [0.1, 0.15) is 59.6 Å². The summed E-state index contributed by atoms with van der Waals surface area (Å²) in [7, 11) is 0. The van der Waals surface area contributed by atoms with Crippen LogP contribution in [0.3, 0.4) is 0 Å². The molecule has 0 atom stereocenters. The van der Waals surface area contributed by atoms with Gasteiger partial charge in [-0.3, -0.25) is 4.79 Å². The predicted octanol–water partition coefficient (Wildman–Crippen LogP) is 5.09. The van der Waals surface area contributed by atoms with Gasteiger partial charge in [-0.25, -0.2) is 9.78 Å². The van der Waals surface area contributed by atoms with Crippen LogP contribution in [0.5, 0.6) is 0 Å². The Morgan fingerprint density at radius 1 is 1.07 bits per heavy atom. The molecule has 2 heterocycles. The summed E-state index contributed by atoms with van der Waals surface area (Å²) in [4.78, 5) is 30.7. The molecule has 5 nitrogen and oxygen atoms in total. The Labute approximate surface area is 181 Å². The van der Waals surface area contributed by atoms with Crippen molar-refractivity contribution in [3.63, 3.8) is 0 Å². The number of amides is 1. The molecule has 2 aromatic rings. The number of benzene rings is 1. The van der Waals surface area contributed by atoms with Crippen LogP contribution in [0, 0.1) is 0 Å². The second-order valence-corrected chi connectivity index (χ2v) is 8.16. The lowest BCUT2D eigenvalue weighted by Crippen LogP contribution is -2.37. The van der Waals surface area contributed by atoms with Crippen molar-refractivity contribution in [2.45, 2.75) is 39.5 Å². The number of aryl methyl sites for hydroxylation is 2. The monoisotopic (exact) mass is 424 g/mol. The Balaban J connectivity index is 1.82. The van der Waals surface area contributed by atoms with Gasteiger partial charge in [0, 0.05) is 30.6 Å². The normalized spacial score (nSPS) is 15.9. The van der Waals surface area contributed by atoms with Crippen molar-refractivity contribution in [1.29, 1.82) is 0 Å². The molecule has 4 rings (SSSR count). The fourth-order valence-electron chi connectivity index (χ4n) is 4.29. The highest BCUT2D eigenvalue weighted by Crippen LogP contribution is 2.38. The lowest BCUT2D eigenvalue weighted by atomic mass is 9.88. The number of hydrogen-bond acceptors (Lipinski definition) is 4. The number of carbonyl (C=O) groups is 2. The van der Waals surface area contributed by atoms with E-state index in [1.54, 1.807) is 11.8 Å². The lowest BCUT2D eigenvalue weighted by molar-refractivity contribution is 0.101. The van der Waals surface area contributed by atoms with Crippen molar-refractivity contribution in [3.8, 4) is 0 Å². The maximum Gasteiger partial charge on any atom is 0.409 e. The summed E-state index contributed by atoms with van der Waals surface area (Å²) in [5, 5.41) is 0.721. The number of hydrogen-bond donors (Lipinski definition) is 0. The molecule has 0 bridgehead atoms. The third kappa shape index (κ3) is 3.99. The highest BCUT2D eigenvalue weighted by Gasteiger charge is 2.27. The molecule has 0 spiro atoms. The first kappa shape index (κ1) is 20.6. The molecular weight excluding hydrogens is 400 g/mol. The molecule has 0 radical (unpaired) electrons. The molecule has 1 aliphatic carbocycles. The number of pyridine rings is 1. The molecule has 0 N–H and O–H groups in total. The van der Waals surface area contributed by atoms with Gasteiger partial charge in [0.05, 0.1) is 12.3 Å². The van der Waals surface area contributed by atoms with E-state index in [4.69, 9.17) is 21.3 Å². The summed E-state index contributed by atoms with van der Waals surface area (Å²) in [5.74, 6) is -0.0418. The molecule has 0 saturated carbocycles. The smallest absolute Gasteiger partial charge is 0.409 e. The Morgan fingerprint density at radius 2 is 1.80 bits per heavy atom. The van der Waals surface area contributed by atoms with E-state index in [2.05, 4.69) is 6.07 Å². The lowest BCUT2D eigenvalue weighted by Gasteiger charge is -2.29. The zero-order valence-corrected chi connectivity index (χ0v) is 18.1. The van der Waals surface area contributed by atoms with E-state index in [9.17, 15) is 9.59 Å². The van der Waals surface area contributed by atoms with Gasteiger partial charge in [-0.2, -0.15) is 0 Å². The standard InChI is InChI=1S/C24H25ClN2O3/c1-3-30-24(29)27-12-10-16(11-13-27)22-20-8-7-19(25)14-18(20)5-4-17-6-9-21(15(2)28)26-23(17)22/h6-9,14H,3-5,10-13H2,1-2H3. The van der Waals surface area contributed by atoms with Crippen LogP contribution in [-0.4, -0.2) is 41.5 Å². The number of ketones is 1. The molecule has 1 fully saturated rings. The fourth-order valence-corrected chi connectivity index (χ4v) is 4.49. The number of aromatic nitrogens is 1. The van der Waals surface area contributed by atoms with Crippen LogP contribution in [0.25, 0.3) is 5.57 Å². The fraction of sp³-hybridized carbons (Fsp3) is 0.375. The number of nitrogens with zero attached hydrogens (tertiary/aromatic N) is 2. The van der Waals surface area contributed by atoms with Crippen molar-refractivity contribution in [3.05, 3.63) is 69.0 Å². The van der Waals surface area contributed by atoms with E-state index in [-0.39, 0.29) is 11.9 Å². The maximum atomic E-state index is 12.1. The highest BCUT2D eigenvalue weighted by molar-refractivity contribution is 6.30. The summed E-state index contributed by atoms with van der Waals surface area (Å²) in [6.07, 6.45) is 2.96. The van der Waals surface area contributed by atoms with Crippen LogP contribution < -0.4 is 0 Å². The highest BCUT2D eigenvalue weighted by atomic mass is 35.5. The van der Waals surface area contributed by atoms with Crippen LogP contribution in [-0.2, 0) is 17.6 Å². The summed E-state index contributed by atoms with van der Waals surface area (Å²) in [5.41, 5.74) is 7.20. The second kappa shape index (κ2) is 8.60. The number of piperidine rings is 1. The number of fused-ring (bicyclic) bond motifs is 2. The summed E-state index contributed by atoms with van der Waals surface area (Å²) >= 11 is 6.29. The third-order valence-corrected chi connectivity index (χ3v) is 6.06. The average molecular weight is 425 g/mol. The van der Waals surface area contributed by atoms with Crippen molar-refractivity contribution >= 4 is 29.1 Å². The molecule has 30 heavy (non-hydrogen) atoms. The zero-order valence-electron chi connectivity index (χ0n) is 17.3. The van der Waals surface area contributed by atoms with Gasteiger partial charge in [0.1, 0.15) is 5.69 Å². The summed E-state index contributed by atoms with van der Waals surface area (Å²) < 4.78 is 5.16. The third-order valence-electron chi connectivity index (χ3n) is 5.82. The molecule has 1 aromatic heterocycles. The quantitative estimate of drug-likeness (QED) is 0.630. The van der Waals surface area contributed by atoms with E-state index >= 15 is 0 Å². The number of rotatable bonds is 2. The minimum Gasteiger partial charge on any atom is -0.450 e. The van der Waals surface area contributed by atoms with Crippen LogP contribution in [0.4, 0.5) is 4.79 Å². The van der Waals surface area contributed by atoms with Gasteiger partial charge in [0.25, 0.3) is 0 Å². The van der Waals surface area contributed by atoms with Crippen molar-refractivity contribution in [1.82, 2.24) is 9.88 Å². The molecular formula is C24H25ClN2O3. The van der Waals surface area contributed by atoms with Crippen molar-refractivity contribution in [2.75, 3.05) is 19.7 Å². The van der Waals surface area contributed by atoms with Gasteiger partial charge in [-0.15, -0.1) is 0 Å². The van der Waals surface area contributed by atoms with E-state index in [1.165, 1.54) is 11.1 Å². The van der Waals surface area contributed by atoms with Crippen LogP contribution >= 0.6 is 11.6 Å². The van der Waals surface area contributed by atoms with Crippen molar-refractivity contribution in [2.24, 2.45) is 0 Å². The van der Waals surface area contributed by atoms with Gasteiger partial charge in [-0.1, -0.05) is 29.3 Å². The minimum atomic E-state index is -0.257. The molecule has 1 aliphatic heterocycles. The number of likely N-dealkylation sites (tertiary alicyclic amines) is 1. The first-order valence-electron chi connectivity index (χ1n) is 10.4. The van der Waals surface area contributed by atoms with Gasteiger partial charge in [0.15, 0.2) is 5.78 Å². The Morgan fingerprint density at radius 3 is 2.50 bits per heavy atom. The molecule has 1 saturated heterocycles. The molecule has 0 unspecified atom stereocenters. The van der Waals surface area contributed by atoms with Gasteiger partial charge >= 0.3 is 6.09 Å². The molecule has 6 heteroatoms. The summed E-state index contributed by atoms with van der Waals surface area (Å²) in [6, 6.07) is 9.85. The van der Waals surface area contributed by atoms with E-state index in [0.717, 1.165) is 53.1 Å². The van der Waals surface area contributed by atoms with E-state index in [0.29, 0.717) is 25.4 Å². The van der Waals surface area contributed by atoms with Gasteiger partial charge in [-0.05, 0) is 67.5 Å². The number of carbonyl (C=O) groups excluding carboxylic acids is 2. The minimum absolute atomic E-state index is 0.0418. The summed E-state index contributed by atoms with van der Waals surface area (Å²) in [6.45, 7) is 4.97. The molecule has 1 amide bonds. The first-order valence-corrected chi connectivity index (χ1v) is 10.8. The predicted molar refractivity (Wildman–Crippen MR) is 117 cm³/mol. The Hall–Kier alpha value is -2.66. The van der Waals surface area contributed by atoms with Crippen molar-refractivity contribution < 1.29 is 14.3 Å². The number of Topliss-reactive ketones (excluding diaryl/α,β-unsaturated/α-hetero) is 1. The zero-order chi connectivity index (χ0) is 21.3. The maximum absolute atomic E-state index is 12.1. The molecule has 2 aliphatic rings. The Bertz CT molecular complexity index is 1030. The van der Waals surface area contributed by atoms with E-state index in [1.807, 2.05) is 31.2 Å². The molecule has 156 valence electrons. The second-order valence-electron chi connectivity index (χ2n) is 7.73. The topological polar surface area (TPSA) is 59.5 Å². The number of halogens is 1. The van der Waals surface area contributed by atoms with Gasteiger partial charge in [0.2, 0.25) is 0 Å². The average Bonchev–Trinajstić information content (AvgIpc) is 2.90. The number of ether oxygens (including phenoxy) is 1. The van der Waals surface area contributed by atoms with Crippen LogP contribution in [0.15, 0.2) is 35.9 Å². The Kier molecular flexibility index (Phi) is 5.91. The SMILES string of the molecule is CCOC(=O)N1CCC(=C2c3ccc(Cl)cc3CCc3ccc(C(C)=O)nc32)CC1. The van der Waals surface area contributed by atoms with Crippen LogP contribution in [0.2, 0.25) is 5.02 Å². The first-order chi connectivity index (χ1) is 14.5. The largest absolute Gasteiger partial charge is 0.450 e. The molecule has 1 aromatic carbocycles.